The molecule has 1 unspecified atom stereocenters. The molecule has 2 N–H and O–H groups in total. The number of hydrogen-bond donors (Lipinski definition) is 2. The minimum absolute atomic E-state index is 0.272. The fourth-order valence-corrected chi connectivity index (χ4v) is 2.07. The summed E-state index contributed by atoms with van der Waals surface area (Å²) in [6.45, 7) is 7.63. The second kappa shape index (κ2) is 7.28. The molecule has 96 valence electrons. The third-order valence-corrected chi connectivity index (χ3v) is 2.83. The summed E-state index contributed by atoms with van der Waals surface area (Å²) in [5, 5.41) is 12.5. The fraction of sp³-hybridized carbons (Fsp3) is 0.643. The molecule has 0 aliphatic carbocycles. The highest BCUT2D eigenvalue weighted by Gasteiger charge is 2.10. The van der Waals surface area contributed by atoms with Gasteiger partial charge in [0.25, 0.3) is 0 Å². The predicted molar refractivity (Wildman–Crippen MR) is 72.1 cm³/mol. The Morgan fingerprint density at radius 3 is 2.76 bits per heavy atom. The zero-order valence-corrected chi connectivity index (χ0v) is 11.1. The summed E-state index contributed by atoms with van der Waals surface area (Å²) in [6, 6.07) is 4.03. The van der Waals surface area contributed by atoms with E-state index in [-0.39, 0.29) is 6.61 Å². The van der Waals surface area contributed by atoms with Gasteiger partial charge in [-0.15, -0.1) is 0 Å². The first-order chi connectivity index (χ1) is 8.11. The third-order valence-electron chi connectivity index (χ3n) is 2.83. The minimum Gasteiger partial charge on any atom is -0.396 e. The molecule has 0 spiro atoms. The Morgan fingerprint density at radius 1 is 1.41 bits per heavy atom. The molecule has 0 fully saturated rings. The van der Waals surface area contributed by atoms with Crippen molar-refractivity contribution in [2.45, 2.75) is 33.6 Å². The molecule has 1 atom stereocenters. The zero-order valence-electron chi connectivity index (χ0n) is 11.1. The summed E-state index contributed by atoms with van der Waals surface area (Å²) in [5.41, 5.74) is 2.14. The SMILES string of the molecule is Cc1cc(NCC(CCO)CC(C)C)ccn1. The molecule has 3 heteroatoms. The molecule has 1 rings (SSSR count). The van der Waals surface area contributed by atoms with Crippen LogP contribution in [0.25, 0.3) is 0 Å². The zero-order chi connectivity index (χ0) is 12.7. The molecule has 0 aliphatic rings. The number of aryl methyl sites for hydroxylation is 1. The maximum Gasteiger partial charge on any atom is 0.0434 e. The van der Waals surface area contributed by atoms with Gasteiger partial charge in [0, 0.05) is 30.7 Å². The first kappa shape index (κ1) is 14.0. The van der Waals surface area contributed by atoms with E-state index in [0.717, 1.165) is 30.8 Å². The van der Waals surface area contributed by atoms with E-state index < -0.39 is 0 Å². The monoisotopic (exact) mass is 236 g/mol. The van der Waals surface area contributed by atoms with Gasteiger partial charge in [-0.3, -0.25) is 4.98 Å². The first-order valence-electron chi connectivity index (χ1n) is 6.39. The first-order valence-corrected chi connectivity index (χ1v) is 6.39. The summed E-state index contributed by atoms with van der Waals surface area (Å²) < 4.78 is 0. The number of nitrogens with zero attached hydrogens (tertiary/aromatic N) is 1. The lowest BCUT2D eigenvalue weighted by Crippen LogP contribution is -2.17. The molecule has 0 amide bonds. The second-order valence-electron chi connectivity index (χ2n) is 5.07. The molecule has 0 radical (unpaired) electrons. The van der Waals surface area contributed by atoms with Crippen molar-refractivity contribution in [1.29, 1.82) is 0 Å². The second-order valence-corrected chi connectivity index (χ2v) is 5.07. The van der Waals surface area contributed by atoms with Gasteiger partial charge in [-0.05, 0) is 43.7 Å². The highest BCUT2D eigenvalue weighted by atomic mass is 16.3. The van der Waals surface area contributed by atoms with Crippen LogP contribution in [-0.4, -0.2) is 23.2 Å². The molecule has 1 aromatic rings. The van der Waals surface area contributed by atoms with Crippen molar-refractivity contribution in [2.24, 2.45) is 11.8 Å². The van der Waals surface area contributed by atoms with Crippen molar-refractivity contribution >= 4 is 5.69 Å². The van der Waals surface area contributed by atoms with Crippen LogP contribution in [0.1, 0.15) is 32.4 Å². The van der Waals surface area contributed by atoms with Gasteiger partial charge in [0.05, 0.1) is 0 Å². The van der Waals surface area contributed by atoms with Gasteiger partial charge < -0.3 is 10.4 Å². The van der Waals surface area contributed by atoms with Gasteiger partial charge in [0.15, 0.2) is 0 Å². The molecule has 3 nitrogen and oxygen atoms in total. The van der Waals surface area contributed by atoms with E-state index in [9.17, 15) is 0 Å². The van der Waals surface area contributed by atoms with Crippen molar-refractivity contribution < 1.29 is 5.11 Å². The Balaban J connectivity index is 2.45. The highest BCUT2D eigenvalue weighted by molar-refractivity contribution is 5.42. The van der Waals surface area contributed by atoms with E-state index in [2.05, 4.69) is 24.1 Å². The maximum atomic E-state index is 9.05. The van der Waals surface area contributed by atoms with Gasteiger partial charge in [-0.1, -0.05) is 13.8 Å². The third kappa shape index (κ3) is 5.68. The average Bonchev–Trinajstić information content (AvgIpc) is 2.26. The number of nitrogens with one attached hydrogen (secondary N) is 1. The van der Waals surface area contributed by atoms with Gasteiger partial charge in [0.1, 0.15) is 0 Å². The summed E-state index contributed by atoms with van der Waals surface area (Å²) in [6.07, 6.45) is 3.84. The summed E-state index contributed by atoms with van der Waals surface area (Å²) in [4.78, 5) is 4.17. The molecule has 0 aromatic carbocycles. The van der Waals surface area contributed by atoms with Crippen molar-refractivity contribution in [2.75, 3.05) is 18.5 Å². The minimum atomic E-state index is 0.272. The number of aliphatic hydroxyl groups excluding tert-OH is 1. The van der Waals surface area contributed by atoms with Gasteiger partial charge in [-0.2, -0.15) is 0 Å². The molecular weight excluding hydrogens is 212 g/mol. The fourth-order valence-electron chi connectivity index (χ4n) is 2.07. The summed E-state index contributed by atoms with van der Waals surface area (Å²) >= 11 is 0. The molecule has 1 heterocycles. The van der Waals surface area contributed by atoms with Crippen LogP contribution in [0.3, 0.4) is 0 Å². The van der Waals surface area contributed by atoms with Gasteiger partial charge >= 0.3 is 0 Å². The Kier molecular flexibility index (Phi) is 5.98. The predicted octanol–water partition coefficient (Wildman–Crippen LogP) is 2.85. The van der Waals surface area contributed by atoms with E-state index >= 15 is 0 Å². The molecule has 0 aliphatic heterocycles. The normalized spacial score (nSPS) is 12.8. The van der Waals surface area contributed by atoms with E-state index in [4.69, 9.17) is 5.11 Å². The Morgan fingerprint density at radius 2 is 2.18 bits per heavy atom. The van der Waals surface area contributed by atoms with Crippen LogP contribution in [0, 0.1) is 18.8 Å². The van der Waals surface area contributed by atoms with Crippen molar-refractivity contribution in [3.8, 4) is 0 Å². The smallest absolute Gasteiger partial charge is 0.0434 e. The van der Waals surface area contributed by atoms with Crippen molar-refractivity contribution in [3.63, 3.8) is 0 Å². The van der Waals surface area contributed by atoms with Crippen molar-refractivity contribution in [3.05, 3.63) is 24.0 Å². The van der Waals surface area contributed by atoms with Gasteiger partial charge in [0.2, 0.25) is 0 Å². The van der Waals surface area contributed by atoms with E-state index in [1.165, 1.54) is 0 Å². The lowest BCUT2D eigenvalue weighted by atomic mass is 9.94. The number of rotatable bonds is 7. The quantitative estimate of drug-likeness (QED) is 0.765. The Bertz CT molecular complexity index is 326. The van der Waals surface area contributed by atoms with Crippen LogP contribution in [-0.2, 0) is 0 Å². The van der Waals surface area contributed by atoms with Crippen LogP contribution >= 0.6 is 0 Å². The lowest BCUT2D eigenvalue weighted by molar-refractivity contribution is 0.247. The summed E-state index contributed by atoms with van der Waals surface area (Å²) in [5.74, 6) is 1.21. The molecule has 17 heavy (non-hydrogen) atoms. The number of hydrogen-bond acceptors (Lipinski definition) is 3. The van der Waals surface area contributed by atoms with Gasteiger partial charge in [-0.25, -0.2) is 0 Å². The van der Waals surface area contributed by atoms with Crippen LogP contribution in [0.2, 0.25) is 0 Å². The number of aromatic nitrogens is 1. The molecule has 1 aromatic heterocycles. The summed E-state index contributed by atoms with van der Waals surface area (Å²) in [7, 11) is 0. The highest BCUT2D eigenvalue weighted by Crippen LogP contribution is 2.16. The largest absolute Gasteiger partial charge is 0.396 e. The van der Waals surface area contributed by atoms with Crippen LogP contribution in [0.15, 0.2) is 18.3 Å². The average molecular weight is 236 g/mol. The Labute approximate surface area is 104 Å². The van der Waals surface area contributed by atoms with E-state index in [0.29, 0.717) is 11.8 Å². The van der Waals surface area contributed by atoms with Crippen molar-refractivity contribution in [1.82, 2.24) is 4.98 Å². The van der Waals surface area contributed by atoms with E-state index in [1.54, 1.807) is 0 Å². The van der Waals surface area contributed by atoms with Crippen LogP contribution < -0.4 is 5.32 Å². The lowest BCUT2D eigenvalue weighted by Gasteiger charge is -2.19. The van der Waals surface area contributed by atoms with Crippen LogP contribution in [0.5, 0.6) is 0 Å². The number of aliphatic hydroxyl groups is 1. The Hall–Kier alpha value is -1.09. The van der Waals surface area contributed by atoms with E-state index in [1.807, 2.05) is 25.3 Å². The maximum absolute atomic E-state index is 9.05. The van der Waals surface area contributed by atoms with Crippen LogP contribution in [0.4, 0.5) is 5.69 Å². The number of pyridine rings is 1. The molecule has 0 bridgehead atoms. The molecule has 0 saturated carbocycles. The molecule has 0 saturated heterocycles. The topological polar surface area (TPSA) is 45.1 Å². The standard InChI is InChI=1S/C14H24N2O/c1-11(2)8-13(5-7-17)10-16-14-4-6-15-12(3)9-14/h4,6,9,11,13,17H,5,7-8,10H2,1-3H3,(H,15,16). The number of anilines is 1. The molecular formula is C14H24N2O.